The van der Waals surface area contributed by atoms with Crippen molar-refractivity contribution in [3.8, 4) is 0 Å². The largest absolute Gasteiger partial charge is 0.329 e. The van der Waals surface area contributed by atoms with E-state index in [0.29, 0.717) is 0 Å². The fraction of sp³-hybridized carbons (Fsp3) is 0.647. The van der Waals surface area contributed by atoms with E-state index in [0.717, 1.165) is 32.7 Å². The lowest BCUT2D eigenvalue weighted by molar-refractivity contribution is 0.126. The van der Waals surface area contributed by atoms with E-state index in [4.69, 9.17) is 5.73 Å². The van der Waals surface area contributed by atoms with Crippen molar-refractivity contribution in [3.63, 3.8) is 0 Å². The minimum absolute atomic E-state index is 0.184. The van der Waals surface area contributed by atoms with E-state index in [1.165, 1.54) is 24.8 Å². The zero-order valence-corrected chi connectivity index (χ0v) is 13.0. The quantitative estimate of drug-likeness (QED) is 0.829. The molecule has 1 aromatic carbocycles. The van der Waals surface area contributed by atoms with Crippen LogP contribution in [0.15, 0.2) is 30.3 Å². The first-order valence-electron chi connectivity index (χ1n) is 7.88. The molecular weight excluding hydrogens is 246 g/mol. The van der Waals surface area contributed by atoms with Crippen molar-refractivity contribution < 1.29 is 0 Å². The molecule has 1 unspecified atom stereocenters. The second kappa shape index (κ2) is 7.21. The molecule has 0 radical (unpaired) electrons. The van der Waals surface area contributed by atoms with Gasteiger partial charge in [0.15, 0.2) is 0 Å². The topological polar surface area (TPSA) is 32.5 Å². The summed E-state index contributed by atoms with van der Waals surface area (Å²) in [4.78, 5) is 5.05. The highest BCUT2D eigenvalue weighted by atomic mass is 15.3. The Morgan fingerprint density at radius 2 is 2.05 bits per heavy atom. The molecule has 1 saturated heterocycles. The van der Waals surface area contributed by atoms with Crippen LogP contribution in [0.25, 0.3) is 0 Å². The number of nitrogens with zero attached hydrogens (tertiary/aromatic N) is 2. The molecule has 0 aliphatic carbocycles. The van der Waals surface area contributed by atoms with Crippen LogP contribution < -0.4 is 5.73 Å². The van der Waals surface area contributed by atoms with Crippen LogP contribution in [0.1, 0.15) is 31.7 Å². The third-order valence-electron chi connectivity index (χ3n) is 4.70. The Morgan fingerprint density at radius 3 is 2.70 bits per heavy atom. The number of nitrogens with two attached hydrogens (primary N) is 1. The predicted octanol–water partition coefficient (Wildman–Crippen LogP) is 2.32. The molecule has 1 aliphatic heterocycles. The highest BCUT2D eigenvalue weighted by molar-refractivity contribution is 5.15. The fourth-order valence-corrected chi connectivity index (χ4v) is 3.18. The smallest absolute Gasteiger partial charge is 0.0467 e. The van der Waals surface area contributed by atoms with Crippen molar-refractivity contribution in [1.29, 1.82) is 0 Å². The zero-order valence-electron chi connectivity index (χ0n) is 13.0. The van der Waals surface area contributed by atoms with Gasteiger partial charge in [0.1, 0.15) is 0 Å². The molecule has 1 aromatic rings. The van der Waals surface area contributed by atoms with Crippen LogP contribution in [0.4, 0.5) is 0 Å². The van der Waals surface area contributed by atoms with Crippen LogP contribution in [0.3, 0.4) is 0 Å². The van der Waals surface area contributed by atoms with Gasteiger partial charge in [-0.1, -0.05) is 43.7 Å². The summed E-state index contributed by atoms with van der Waals surface area (Å²) in [5, 5.41) is 0. The molecule has 0 bridgehead atoms. The molecule has 1 atom stereocenters. The normalized spacial score (nSPS) is 23.6. The molecule has 1 fully saturated rings. The third kappa shape index (κ3) is 3.60. The molecule has 20 heavy (non-hydrogen) atoms. The minimum atomic E-state index is 0.184. The third-order valence-corrected chi connectivity index (χ3v) is 4.70. The maximum atomic E-state index is 6.13. The average Bonchev–Trinajstić information content (AvgIpc) is 2.90. The van der Waals surface area contributed by atoms with Crippen LogP contribution in [-0.2, 0) is 6.54 Å². The minimum Gasteiger partial charge on any atom is -0.329 e. The summed E-state index contributed by atoms with van der Waals surface area (Å²) in [7, 11) is 2.24. The van der Waals surface area contributed by atoms with Crippen molar-refractivity contribution in [2.24, 2.45) is 5.73 Å². The molecule has 1 heterocycles. The van der Waals surface area contributed by atoms with Gasteiger partial charge in [-0.15, -0.1) is 0 Å². The summed E-state index contributed by atoms with van der Waals surface area (Å²) < 4.78 is 0. The van der Waals surface area contributed by atoms with E-state index in [2.05, 4.69) is 54.1 Å². The number of benzene rings is 1. The molecule has 0 aromatic heterocycles. The molecule has 0 saturated carbocycles. The van der Waals surface area contributed by atoms with E-state index < -0.39 is 0 Å². The van der Waals surface area contributed by atoms with Crippen LogP contribution >= 0.6 is 0 Å². The summed E-state index contributed by atoms with van der Waals surface area (Å²) in [6.07, 6.45) is 3.70. The standard InChI is InChI=1S/C17H29N3/c1-3-4-11-19(2)17(14-18)10-12-20(15-17)13-16-8-6-5-7-9-16/h5-9H,3-4,10-15,18H2,1-2H3. The maximum absolute atomic E-state index is 6.13. The van der Waals surface area contributed by atoms with Gasteiger partial charge in [0.05, 0.1) is 0 Å². The van der Waals surface area contributed by atoms with Crippen LogP contribution in [0, 0.1) is 0 Å². The Bertz CT molecular complexity index is 392. The summed E-state index contributed by atoms with van der Waals surface area (Å²) in [5.41, 5.74) is 7.71. The maximum Gasteiger partial charge on any atom is 0.0467 e. The number of unbranched alkanes of at least 4 members (excludes halogenated alkanes) is 1. The lowest BCUT2D eigenvalue weighted by Crippen LogP contribution is -2.54. The first kappa shape index (κ1) is 15.5. The molecule has 1 aliphatic rings. The van der Waals surface area contributed by atoms with Crippen molar-refractivity contribution in [1.82, 2.24) is 9.80 Å². The Kier molecular flexibility index (Phi) is 5.58. The lowest BCUT2D eigenvalue weighted by Gasteiger charge is -2.38. The van der Waals surface area contributed by atoms with E-state index in [1.807, 2.05) is 0 Å². The van der Waals surface area contributed by atoms with E-state index in [-0.39, 0.29) is 5.54 Å². The molecule has 2 rings (SSSR count). The lowest BCUT2D eigenvalue weighted by atomic mass is 9.96. The second-order valence-corrected chi connectivity index (χ2v) is 6.15. The monoisotopic (exact) mass is 275 g/mol. The number of hydrogen-bond donors (Lipinski definition) is 1. The van der Waals surface area contributed by atoms with Gasteiger partial charge < -0.3 is 5.73 Å². The summed E-state index contributed by atoms with van der Waals surface area (Å²) in [6.45, 7) is 7.47. The SMILES string of the molecule is CCCCN(C)C1(CN)CCN(Cc2ccccc2)C1. The molecule has 0 amide bonds. The number of likely N-dealkylation sites (tertiary alicyclic amines) is 1. The van der Waals surface area contributed by atoms with Gasteiger partial charge in [0, 0.05) is 31.7 Å². The zero-order chi connectivity index (χ0) is 14.4. The van der Waals surface area contributed by atoms with Gasteiger partial charge in [-0.3, -0.25) is 9.80 Å². The summed E-state index contributed by atoms with van der Waals surface area (Å²) in [5.74, 6) is 0. The van der Waals surface area contributed by atoms with Crippen molar-refractivity contribution >= 4 is 0 Å². The van der Waals surface area contributed by atoms with Crippen molar-refractivity contribution in [2.45, 2.75) is 38.3 Å². The first-order valence-corrected chi connectivity index (χ1v) is 7.88. The molecule has 112 valence electrons. The Hall–Kier alpha value is -0.900. The van der Waals surface area contributed by atoms with Crippen LogP contribution in [-0.4, -0.2) is 48.6 Å². The van der Waals surface area contributed by atoms with Crippen molar-refractivity contribution in [2.75, 3.05) is 33.2 Å². The number of rotatable bonds is 7. The molecular formula is C17H29N3. The molecule has 2 N–H and O–H groups in total. The van der Waals surface area contributed by atoms with E-state index >= 15 is 0 Å². The van der Waals surface area contributed by atoms with E-state index in [9.17, 15) is 0 Å². The summed E-state index contributed by atoms with van der Waals surface area (Å²) in [6, 6.07) is 10.7. The average molecular weight is 275 g/mol. The predicted molar refractivity (Wildman–Crippen MR) is 85.7 cm³/mol. The Balaban J connectivity index is 1.94. The van der Waals surface area contributed by atoms with Gasteiger partial charge >= 0.3 is 0 Å². The van der Waals surface area contributed by atoms with Crippen LogP contribution in [0.5, 0.6) is 0 Å². The Labute approximate surface area is 123 Å². The number of likely N-dealkylation sites (N-methyl/N-ethyl adjacent to an activating group) is 1. The van der Waals surface area contributed by atoms with Gasteiger partial charge in [-0.2, -0.15) is 0 Å². The number of hydrogen-bond acceptors (Lipinski definition) is 3. The molecule has 3 heteroatoms. The first-order chi connectivity index (χ1) is 9.70. The van der Waals surface area contributed by atoms with Gasteiger partial charge in [-0.05, 0) is 32.0 Å². The molecule has 3 nitrogen and oxygen atoms in total. The fourth-order valence-electron chi connectivity index (χ4n) is 3.18. The van der Waals surface area contributed by atoms with Gasteiger partial charge in [0.2, 0.25) is 0 Å². The highest BCUT2D eigenvalue weighted by Gasteiger charge is 2.39. The molecule has 0 spiro atoms. The highest BCUT2D eigenvalue weighted by Crippen LogP contribution is 2.27. The van der Waals surface area contributed by atoms with Gasteiger partial charge in [-0.25, -0.2) is 0 Å². The second-order valence-electron chi connectivity index (χ2n) is 6.15. The van der Waals surface area contributed by atoms with Crippen molar-refractivity contribution in [3.05, 3.63) is 35.9 Å². The van der Waals surface area contributed by atoms with Crippen LogP contribution in [0.2, 0.25) is 0 Å². The van der Waals surface area contributed by atoms with Gasteiger partial charge in [0.25, 0.3) is 0 Å². The Morgan fingerprint density at radius 1 is 1.30 bits per heavy atom. The summed E-state index contributed by atoms with van der Waals surface area (Å²) >= 11 is 0. The van der Waals surface area contributed by atoms with E-state index in [1.54, 1.807) is 0 Å².